The van der Waals surface area contributed by atoms with E-state index in [-0.39, 0.29) is 17.2 Å². The molecule has 1 N–H and O–H groups in total. The van der Waals surface area contributed by atoms with Crippen LogP contribution in [0.15, 0.2) is 77.6 Å². The monoisotopic (exact) mass is 448 g/mol. The summed E-state index contributed by atoms with van der Waals surface area (Å²) in [5, 5.41) is 12.5. The summed E-state index contributed by atoms with van der Waals surface area (Å²) in [5.41, 5.74) is 1.13. The van der Waals surface area contributed by atoms with Gasteiger partial charge in [-0.05, 0) is 55.1 Å². The smallest absolute Gasteiger partial charge is 0.338 e. The van der Waals surface area contributed by atoms with Gasteiger partial charge in [-0.25, -0.2) is 4.79 Å². The molecule has 1 aromatic carbocycles. The van der Waals surface area contributed by atoms with Crippen LogP contribution in [0.2, 0.25) is 0 Å². The van der Waals surface area contributed by atoms with Crippen LogP contribution in [0.4, 0.5) is 5.69 Å². The van der Waals surface area contributed by atoms with Crippen LogP contribution >= 0.6 is 11.3 Å². The summed E-state index contributed by atoms with van der Waals surface area (Å²) >= 11 is 1.23. The van der Waals surface area contributed by atoms with E-state index in [1.165, 1.54) is 22.3 Å². The molecule has 1 aliphatic heterocycles. The van der Waals surface area contributed by atoms with E-state index >= 15 is 0 Å². The second-order valence-corrected chi connectivity index (χ2v) is 8.38. The molecule has 162 valence electrons. The molecule has 0 bridgehead atoms. The Bertz CT molecular complexity index is 1200. The summed E-state index contributed by atoms with van der Waals surface area (Å²) in [4.78, 5) is 44.6. The average Bonchev–Trinajstić information content (AvgIpc) is 3.41. The highest BCUT2D eigenvalue weighted by molar-refractivity contribution is 7.12. The number of aromatic nitrogens is 1. The lowest BCUT2D eigenvalue weighted by Gasteiger charge is -2.27. The third-order valence-corrected chi connectivity index (χ3v) is 5.77. The van der Waals surface area contributed by atoms with Crippen molar-refractivity contribution in [2.45, 2.75) is 26.0 Å². The van der Waals surface area contributed by atoms with E-state index in [4.69, 9.17) is 4.74 Å². The minimum Gasteiger partial charge on any atom is -0.503 e. The highest BCUT2D eigenvalue weighted by Crippen LogP contribution is 2.42. The van der Waals surface area contributed by atoms with E-state index in [0.29, 0.717) is 16.1 Å². The first-order valence-electron chi connectivity index (χ1n) is 9.94. The maximum atomic E-state index is 13.2. The lowest BCUT2D eigenvalue weighted by atomic mass is 9.96. The molecule has 4 rings (SSSR count). The van der Waals surface area contributed by atoms with E-state index < -0.39 is 29.5 Å². The van der Waals surface area contributed by atoms with Gasteiger partial charge in [0, 0.05) is 18.1 Å². The Morgan fingerprint density at radius 3 is 2.62 bits per heavy atom. The van der Waals surface area contributed by atoms with Gasteiger partial charge in [-0.2, -0.15) is 0 Å². The number of ketones is 1. The molecule has 1 atom stereocenters. The predicted molar refractivity (Wildman–Crippen MR) is 120 cm³/mol. The van der Waals surface area contributed by atoms with Crippen molar-refractivity contribution in [3.05, 3.63) is 93.6 Å². The van der Waals surface area contributed by atoms with Crippen LogP contribution in [0.5, 0.6) is 0 Å². The van der Waals surface area contributed by atoms with Crippen LogP contribution in [-0.4, -0.2) is 33.9 Å². The minimum absolute atomic E-state index is 0.0272. The summed E-state index contributed by atoms with van der Waals surface area (Å²) in [5.74, 6) is -2.31. The number of nitrogens with zero attached hydrogens (tertiary/aromatic N) is 2. The maximum absolute atomic E-state index is 13.2. The van der Waals surface area contributed by atoms with Crippen LogP contribution in [0.3, 0.4) is 0 Å². The number of Topliss-reactive ketones (excluding diaryl/α,β-unsaturated/α-hetero) is 1. The number of hydrogen-bond acceptors (Lipinski definition) is 7. The van der Waals surface area contributed by atoms with Gasteiger partial charge in [0.2, 0.25) is 5.78 Å². The SMILES string of the molecule is CC(C)OC(=O)c1cccc(N2C(=O)C(O)=C(C(=O)c3cccs3)C2c2cccnc2)c1. The summed E-state index contributed by atoms with van der Waals surface area (Å²) in [6.07, 6.45) is 2.82. The molecule has 2 aromatic heterocycles. The Labute approximate surface area is 188 Å². The number of thiophene rings is 1. The molecule has 1 unspecified atom stereocenters. The van der Waals surface area contributed by atoms with Gasteiger partial charge in [-0.3, -0.25) is 19.5 Å². The summed E-state index contributed by atoms with van der Waals surface area (Å²) in [6, 6.07) is 12.2. The Morgan fingerprint density at radius 1 is 1.16 bits per heavy atom. The van der Waals surface area contributed by atoms with Crippen molar-refractivity contribution in [2.75, 3.05) is 4.90 Å². The van der Waals surface area contributed by atoms with Crippen molar-refractivity contribution >= 4 is 34.7 Å². The number of aliphatic hydroxyl groups excluding tert-OH is 1. The van der Waals surface area contributed by atoms with Crippen molar-refractivity contribution in [1.82, 2.24) is 4.98 Å². The molecular weight excluding hydrogens is 428 g/mol. The van der Waals surface area contributed by atoms with Gasteiger partial charge in [0.1, 0.15) is 0 Å². The number of esters is 1. The fourth-order valence-electron chi connectivity index (χ4n) is 3.56. The number of amides is 1. The summed E-state index contributed by atoms with van der Waals surface area (Å²) in [7, 11) is 0. The topological polar surface area (TPSA) is 96.8 Å². The van der Waals surface area contributed by atoms with Crippen LogP contribution in [0.25, 0.3) is 0 Å². The number of ether oxygens (including phenoxy) is 1. The molecule has 0 saturated heterocycles. The molecule has 0 aliphatic carbocycles. The minimum atomic E-state index is -0.901. The maximum Gasteiger partial charge on any atom is 0.338 e. The zero-order chi connectivity index (χ0) is 22.8. The lowest BCUT2D eigenvalue weighted by Crippen LogP contribution is -2.31. The number of hydrogen-bond donors (Lipinski definition) is 1. The Morgan fingerprint density at radius 2 is 1.97 bits per heavy atom. The molecule has 0 fully saturated rings. The number of benzene rings is 1. The van der Waals surface area contributed by atoms with Crippen molar-refractivity contribution in [3.8, 4) is 0 Å². The zero-order valence-corrected chi connectivity index (χ0v) is 18.2. The standard InChI is InChI=1S/C24H20N2O5S/c1-14(2)31-24(30)15-6-3-8-17(12-15)26-20(16-7-4-10-25-13-16)19(22(28)23(26)29)21(27)18-9-5-11-32-18/h3-14,20,28H,1-2H3. The molecule has 0 spiro atoms. The second kappa shape index (κ2) is 8.76. The van der Waals surface area contributed by atoms with E-state index in [2.05, 4.69) is 4.98 Å². The molecule has 1 aliphatic rings. The van der Waals surface area contributed by atoms with Gasteiger partial charge in [0.05, 0.1) is 28.2 Å². The normalized spacial score (nSPS) is 16.0. The number of carbonyl (C=O) groups excluding carboxylic acids is 3. The molecular formula is C24H20N2O5S. The fraction of sp³-hybridized carbons (Fsp3) is 0.167. The molecule has 1 amide bonds. The number of rotatable bonds is 6. The van der Waals surface area contributed by atoms with Gasteiger partial charge in [0.25, 0.3) is 5.91 Å². The highest BCUT2D eigenvalue weighted by Gasteiger charge is 2.45. The third-order valence-electron chi connectivity index (χ3n) is 4.90. The first-order chi connectivity index (χ1) is 15.4. The quantitative estimate of drug-likeness (QED) is 0.441. The Hall–Kier alpha value is -3.78. The van der Waals surface area contributed by atoms with Gasteiger partial charge in [0.15, 0.2) is 5.76 Å². The second-order valence-electron chi connectivity index (χ2n) is 7.44. The van der Waals surface area contributed by atoms with Crippen LogP contribution in [-0.2, 0) is 9.53 Å². The zero-order valence-electron chi connectivity index (χ0n) is 17.4. The first kappa shape index (κ1) is 21.5. The van der Waals surface area contributed by atoms with E-state index in [1.54, 1.807) is 74.1 Å². The first-order valence-corrected chi connectivity index (χ1v) is 10.8. The van der Waals surface area contributed by atoms with Crippen molar-refractivity contribution < 1.29 is 24.2 Å². The van der Waals surface area contributed by atoms with Crippen LogP contribution in [0, 0.1) is 0 Å². The average molecular weight is 449 g/mol. The summed E-state index contributed by atoms with van der Waals surface area (Å²) < 4.78 is 5.26. The van der Waals surface area contributed by atoms with E-state index in [1.807, 2.05) is 0 Å². The predicted octanol–water partition coefficient (Wildman–Crippen LogP) is 4.49. The van der Waals surface area contributed by atoms with E-state index in [0.717, 1.165) is 0 Å². The number of carbonyl (C=O) groups is 3. The lowest BCUT2D eigenvalue weighted by molar-refractivity contribution is -0.117. The van der Waals surface area contributed by atoms with Crippen molar-refractivity contribution in [3.63, 3.8) is 0 Å². The van der Waals surface area contributed by atoms with Crippen molar-refractivity contribution in [1.29, 1.82) is 0 Å². The van der Waals surface area contributed by atoms with Crippen molar-refractivity contribution in [2.24, 2.45) is 0 Å². The summed E-state index contributed by atoms with van der Waals surface area (Å²) in [6.45, 7) is 3.49. The molecule has 0 radical (unpaired) electrons. The van der Waals surface area contributed by atoms with E-state index in [9.17, 15) is 19.5 Å². The van der Waals surface area contributed by atoms with Crippen LogP contribution < -0.4 is 4.90 Å². The highest BCUT2D eigenvalue weighted by atomic mass is 32.1. The number of anilines is 1. The number of pyridine rings is 1. The van der Waals surface area contributed by atoms with Gasteiger partial charge >= 0.3 is 5.97 Å². The number of aliphatic hydroxyl groups is 1. The van der Waals surface area contributed by atoms with Gasteiger partial charge in [-0.1, -0.05) is 18.2 Å². The molecule has 7 nitrogen and oxygen atoms in total. The third kappa shape index (κ3) is 3.92. The Balaban J connectivity index is 1.81. The molecule has 3 heterocycles. The molecule has 32 heavy (non-hydrogen) atoms. The van der Waals surface area contributed by atoms with Crippen LogP contribution in [0.1, 0.15) is 45.5 Å². The molecule has 8 heteroatoms. The van der Waals surface area contributed by atoms with Gasteiger partial charge in [-0.15, -0.1) is 11.3 Å². The fourth-order valence-corrected chi connectivity index (χ4v) is 4.24. The largest absolute Gasteiger partial charge is 0.503 e. The molecule has 0 saturated carbocycles. The Kier molecular flexibility index (Phi) is 5.87. The molecule has 3 aromatic rings. The van der Waals surface area contributed by atoms with Gasteiger partial charge < -0.3 is 9.84 Å².